The Bertz CT molecular complexity index is 1070. The number of nitrogens with one attached hydrogen (secondary N) is 2. The van der Waals surface area contributed by atoms with Gasteiger partial charge in [0, 0.05) is 29.3 Å². The standard InChI is InChI=1S/C21H24N2O7S/c1-6-31(25,26)23-17-11-14(7-9-18(17)28-3)22-21(24)10-8-16-19(29-4)12-15(27-2)13-20(16)30-5/h6-13,23H,1H2,2-5H3,(H,22,24). The van der Waals surface area contributed by atoms with E-state index in [2.05, 4.69) is 16.6 Å². The third kappa shape index (κ3) is 6.16. The van der Waals surface area contributed by atoms with Crippen molar-refractivity contribution in [1.29, 1.82) is 0 Å². The van der Waals surface area contributed by atoms with Crippen molar-refractivity contribution in [2.75, 3.05) is 38.5 Å². The number of carbonyl (C=O) groups is 1. The van der Waals surface area contributed by atoms with E-state index in [1.54, 1.807) is 18.2 Å². The summed E-state index contributed by atoms with van der Waals surface area (Å²) in [6.07, 6.45) is 2.84. The largest absolute Gasteiger partial charge is 0.496 e. The molecule has 31 heavy (non-hydrogen) atoms. The topological polar surface area (TPSA) is 112 Å². The molecule has 2 aromatic rings. The van der Waals surface area contributed by atoms with Crippen LogP contribution in [0, 0.1) is 0 Å². The van der Waals surface area contributed by atoms with Gasteiger partial charge in [0.25, 0.3) is 10.0 Å². The maximum Gasteiger partial charge on any atom is 0.254 e. The van der Waals surface area contributed by atoms with Gasteiger partial charge in [0.05, 0.1) is 39.7 Å². The van der Waals surface area contributed by atoms with Crippen LogP contribution in [-0.4, -0.2) is 42.8 Å². The molecule has 0 radical (unpaired) electrons. The summed E-state index contributed by atoms with van der Waals surface area (Å²) in [5.41, 5.74) is 1.06. The van der Waals surface area contributed by atoms with Gasteiger partial charge in [-0.15, -0.1) is 0 Å². The number of methoxy groups -OCH3 is 4. The van der Waals surface area contributed by atoms with E-state index in [0.29, 0.717) is 28.5 Å². The first kappa shape index (κ1) is 23.6. The fraction of sp³-hybridized carbons (Fsp3) is 0.190. The van der Waals surface area contributed by atoms with Crippen LogP contribution in [-0.2, 0) is 14.8 Å². The van der Waals surface area contributed by atoms with E-state index in [1.165, 1.54) is 52.7 Å². The van der Waals surface area contributed by atoms with Crippen molar-refractivity contribution in [1.82, 2.24) is 0 Å². The molecule has 0 saturated heterocycles. The van der Waals surface area contributed by atoms with Crippen LogP contribution in [0.15, 0.2) is 48.4 Å². The lowest BCUT2D eigenvalue weighted by Gasteiger charge is -2.13. The quantitative estimate of drug-likeness (QED) is 0.537. The lowest BCUT2D eigenvalue weighted by atomic mass is 10.1. The molecule has 0 atom stereocenters. The first-order valence-corrected chi connectivity index (χ1v) is 10.4. The van der Waals surface area contributed by atoms with Crippen molar-refractivity contribution in [3.05, 3.63) is 54.0 Å². The van der Waals surface area contributed by atoms with Crippen LogP contribution in [0.2, 0.25) is 0 Å². The van der Waals surface area contributed by atoms with E-state index in [4.69, 9.17) is 18.9 Å². The number of rotatable bonds is 10. The first-order chi connectivity index (χ1) is 14.8. The average Bonchev–Trinajstić information content (AvgIpc) is 2.76. The van der Waals surface area contributed by atoms with Gasteiger partial charge in [-0.2, -0.15) is 0 Å². The number of anilines is 2. The van der Waals surface area contributed by atoms with Gasteiger partial charge < -0.3 is 24.3 Å². The van der Waals surface area contributed by atoms with Crippen LogP contribution in [0.3, 0.4) is 0 Å². The summed E-state index contributed by atoms with van der Waals surface area (Å²) in [4.78, 5) is 12.4. The van der Waals surface area contributed by atoms with Gasteiger partial charge in [-0.05, 0) is 24.3 Å². The highest BCUT2D eigenvalue weighted by Gasteiger charge is 2.13. The molecule has 0 unspecified atom stereocenters. The van der Waals surface area contributed by atoms with Crippen LogP contribution < -0.4 is 29.0 Å². The van der Waals surface area contributed by atoms with Crippen molar-refractivity contribution in [3.63, 3.8) is 0 Å². The third-order valence-corrected chi connectivity index (χ3v) is 5.04. The van der Waals surface area contributed by atoms with Gasteiger partial charge in [-0.25, -0.2) is 8.42 Å². The summed E-state index contributed by atoms with van der Waals surface area (Å²) in [7, 11) is 2.16. The Labute approximate surface area is 181 Å². The minimum absolute atomic E-state index is 0.155. The van der Waals surface area contributed by atoms with Gasteiger partial charge in [-0.1, -0.05) is 6.58 Å². The fourth-order valence-corrected chi connectivity index (χ4v) is 3.15. The van der Waals surface area contributed by atoms with Gasteiger partial charge in [0.15, 0.2) is 0 Å². The van der Waals surface area contributed by atoms with Crippen molar-refractivity contribution >= 4 is 33.4 Å². The van der Waals surface area contributed by atoms with Gasteiger partial charge in [0.2, 0.25) is 5.91 Å². The maximum absolute atomic E-state index is 12.4. The zero-order valence-electron chi connectivity index (χ0n) is 17.6. The van der Waals surface area contributed by atoms with E-state index in [1.807, 2.05) is 0 Å². The van der Waals surface area contributed by atoms with Crippen LogP contribution in [0.5, 0.6) is 23.0 Å². The molecule has 0 fully saturated rings. The minimum Gasteiger partial charge on any atom is -0.496 e. The first-order valence-electron chi connectivity index (χ1n) is 8.89. The number of sulfonamides is 1. The second-order valence-corrected chi connectivity index (χ2v) is 7.62. The Morgan fingerprint density at radius 1 is 0.935 bits per heavy atom. The SMILES string of the molecule is C=CS(=O)(=O)Nc1cc(NC(=O)C=Cc2c(OC)cc(OC)cc2OC)ccc1OC. The number of hydrogen-bond acceptors (Lipinski definition) is 7. The fourth-order valence-electron chi connectivity index (χ4n) is 2.60. The van der Waals surface area contributed by atoms with Crippen LogP contribution in [0.25, 0.3) is 6.08 Å². The molecule has 0 aliphatic heterocycles. The third-order valence-electron chi connectivity index (χ3n) is 4.09. The predicted molar refractivity (Wildman–Crippen MR) is 119 cm³/mol. The number of benzene rings is 2. The van der Waals surface area contributed by atoms with Gasteiger partial charge >= 0.3 is 0 Å². The predicted octanol–water partition coefficient (Wildman–Crippen LogP) is 3.26. The van der Waals surface area contributed by atoms with Crippen molar-refractivity contribution in [2.24, 2.45) is 0 Å². The Hall–Kier alpha value is -3.66. The Kier molecular flexibility index (Phi) is 7.92. The summed E-state index contributed by atoms with van der Waals surface area (Å²) in [5.74, 6) is 1.30. The van der Waals surface area contributed by atoms with E-state index < -0.39 is 15.9 Å². The monoisotopic (exact) mass is 448 g/mol. The Morgan fingerprint density at radius 2 is 1.55 bits per heavy atom. The van der Waals surface area contributed by atoms with Crippen molar-refractivity contribution < 1.29 is 32.2 Å². The summed E-state index contributed by atoms with van der Waals surface area (Å²) < 4.78 is 46.9. The molecule has 2 aromatic carbocycles. The molecular weight excluding hydrogens is 424 g/mol. The van der Waals surface area contributed by atoms with Crippen LogP contribution in [0.1, 0.15) is 5.56 Å². The Balaban J connectivity index is 2.27. The highest BCUT2D eigenvalue weighted by molar-refractivity contribution is 7.95. The van der Waals surface area contributed by atoms with Gasteiger partial charge in [0.1, 0.15) is 23.0 Å². The highest BCUT2D eigenvalue weighted by Crippen LogP contribution is 2.35. The number of amides is 1. The molecule has 10 heteroatoms. The number of carbonyl (C=O) groups excluding carboxylic acids is 1. The molecule has 2 rings (SSSR count). The smallest absolute Gasteiger partial charge is 0.254 e. The number of hydrogen-bond donors (Lipinski definition) is 2. The molecule has 0 aliphatic carbocycles. The van der Waals surface area contributed by atoms with E-state index in [9.17, 15) is 13.2 Å². The van der Waals surface area contributed by atoms with Crippen molar-refractivity contribution in [3.8, 4) is 23.0 Å². The highest BCUT2D eigenvalue weighted by atomic mass is 32.2. The van der Waals surface area contributed by atoms with E-state index in [0.717, 1.165) is 5.41 Å². The summed E-state index contributed by atoms with van der Waals surface area (Å²) in [6.45, 7) is 3.25. The molecule has 166 valence electrons. The summed E-state index contributed by atoms with van der Waals surface area (Å²) in [5, 5.41) is 3.43. The Morgan fingerprint density at radius 3 is 2.06 bits per heavy atom. The molecule has 0 heterocycles. The molecule has 0 bridgehead atoms. The molecule has 2 N–H and O–H groups in total. The van der Waals surface area contributed by atoms with Crippen LogP contribution >= 0.6 is 0 Å². The van der Waals surface area contributed by atoms with Crippen LogP contribution in [0.4, 0.5) is 11.4 Å². The van der Waals surface area contributed by atoms with E-state index in [-0.39, 0.29) is 11.4 Å². The summed E-state index contributed by atoms with van der Waals surface area (Å²) >= 11 is 0. The summed E-state index contributed by atoms with van der Waals surface area (Å²) in [6, 6.07) is 7.87. The zero-order valence-corrected chi connectivity index (χ0v) is 18.4. The molecular formula is C21H24N2O7S. The number of ether oxygens (including phenoxy) is 4. The molecule has 0 aliphatic rings. The molecule has 0 saturated carbocycles. The molecule has 0 aromatic heterocycles. The normalized spacial score (nSPS) is 11.0. The molecule has 9 nitrogen and oxygen atoms in total. The average molecular weight is 448 g/mol. The maximum atomic E-state index is 12.4. The molecule has 0 spiro atoms. The minimum atomic E-state index is -3.75. The van der Waals surface area contributed by atoms with Gasteiger partial charge in [-0.3, -0.25) is 9.52 Å². The zero-order chi connectivity index (χ0) is 23.0. The lowest BCUT2D eigenvalue weighted by molar-refractivity contribution is -0.111. The molecule has 1 amide bonds. The second kappa shape index (κ2) is 10.4. The second-order valence-electron chi connectivity index (χ2n) is 6.00. The van der Waals surface area contributed by atoms with E-state index >= 15 is 0 Å². The van der Waals surface area contributed by atoms with Crippen molar-refractivity contribution in [2.45, 2.75) is 0 Å². The lowest BCUT2D eigenvalue weighted by Crippen LogP contribution is -2.11.